The van der Waals surface area contributed by atoms with Crippen LogP contribution in [0.2, 0.25) is 5.02 Å². The van der Waals surface area contributed by atoms with Crippen molar-refractivity contribution in [1.29, 1.82) is 0 Å². The fraction of sp³-hybridized carbons (Fsp3) is 0.308. The summed E-state index contributed by atoms with van der Waals surface area (Å²) in [6.45, 7) is 2.14. The lowest BCUT2D eigenvalue weighted by Crippen LogP contribution is -2.48. The Kier molecular flexibility index (Phi) is 3.88. The van der Waals surface area contributed by atoms with Gasteiger partial charge in [-0.1, -0.05) is 17.7 Å². The van der Waals surface area contributed by atoms with Crippen LogP contribution in [-0.2, 0) is 10.0 Å². The van der Waals surface area contributed by atoms with Gasteiger partial charge in [-0.05, 0) is 18.2 Å². The Morgan fingerprint density at radius 3 is 2.57 bits per heavy atom. The van der Waals surface area contributed by atoms with Gasteiger partial charge >= 0.3 is 0 Å². The van der Waals surface area contributed by atoms with E-state index in [2.05, 4.69) is 14.9 Å². The van der Waals surface area contributed by atoms with Gasteiger partial charge in [0.2, 0.25) is 0 Å². The van der Waals surface area contributed by atoms with Crippen LogP contribution in [0, 0.1) is 0 Å². The first kappa shape index (κ1) is 14.4. The normalized spacial score (nSPS) is 17.1. The van der Waals surface area contributed by atoms with E-state index in [-0.39, 0.29) is 5.03 Å². The number of piperazine rings is 1. The highest BCUT2D eigenvalue weighted by Crippen LogP contribution is 2.22. The van der Waals surface area contributed by atoms with Crippen molar-refractivity contribution in [2.24, 2.45) is 0 Å². The lowest BCUT2D eigenvalue weighted by Gasteiger charge is -2.35. The summed E-state index contributed by atoms with van der Waals surface area (Å²) in [6.07, 6.45) is 2.70. The summed E-state index contributed by atoms with van der Waals surface area (Å²) in [7, 11) is -3.47. The number of aromatic amines is 1. The number of nitrogens with one attached hydrogen (secondary N) is 1. The van der Waals surface area contributed by atoms with Crippen LogP contribution in [-0.4, -0.2) is 48.9 Å². The first-order valence-corrected chi connectivity index (χ1v) is 8.38. The van der Waals surface area contributed by atoms with Gasteiger partial charge in [0.1, 0.15) is 0 Å². The number of nitrogens with zero attached hydrogens (tertiary/aromatic N) is 3. The number of imidazole rings is 1. The van der Waals surface area contributed by atoms with Crippen molar-refractivity contribution in [3.8, 4) is 0 Å². The molecule has 1 aromatic carbocycles. The van der Waals surface area contributed by atoms with Crippen LogP contribution in [0.1, 0.15) is 0 Å². The number of benzene rings is 1. The number of anilines is 1. The number of hydrogen-bond acceptors (Lipinski definition) is 4. The summed E-state index contributed by atoms with van der Waals surface area (Å²) in [4.78, 5) is 8.55. The van der Waals surface area contributed by atoms with Crippen molar-refractivity contribution in [1.82, 2.24) is 14.3 Å². The van der Waals surface area contributed by atoms with E-state index in [0.29, 0.717) is 31.2 Å². The molecule has 112 valence electrons. The molecule has 3 rings (SSSR count). The molecule has 1 saturated heterocycles. The molecule has 0 spiro atoms. The number of halogens is 1. The molecule has 2 aromatic rings. The SMILES string of the molecule is O=S(=O)(c1cnc[nH]1)N1CCN(c2cccc(Cl)c2)CC1. The Bertz CT molecular complexity index is 710. The van der Waals surface area contributed by atoms with Gasteiger partial charge in [0.15, 0.2) is 5.03 Å². The minimum absolute atomic E-state index is 0.138. The van der Waals surface area contributed by atoms with Crippen LogP contribution in [0.25, 0.3) is 0 Å². The second-order valence-electron chi connectivity index (χ2n) is 4.79. The average molecular weight is 327 g/mol. The summed E-state index contributed by atoms with van der Waals surface area (Å²) in [6, 6.07) is 7.58. The molecule has 0 amide bonds. The molecule has 2 heterocycles. The van der Waals surface area contributed by atoms with Crippen LogP contribution in [0.3, 0.4) is 0 Å². The van der Waals surface area contributed by atoms with E-state index in [4.69, 9.17) is 11.6 Å². The van der Waals surface area contributed by atoms with Crippen molar-refractivity contribution in [2.75, 3.05) is 31.1 Å². The second-order valence-corrected chi connectivity index (χ2v) is 7.13. The van der Waals surface area contributed by atoms with Crippen molar-refractivity contribution >= 4 is 27.3 Å². The topological polar surface area (TPSA) is 69.3 Å². The highest BCUT2D eigenvalue weighted by molar-refractivity contribution is 7.89. The predicted octanol–water partition coefficient (Wildman–Crippen LogP) is 1.57. The third-order valence-electron chi connectivity index (χ3n) is 3.50. The highest BCUT2D eigenvalue weighted by Gasteiger charge is 2.29. The van der Waals surface area contributed by atoms with Gasteiger partial charge in [-0.25, -0.2) is 13.4 Å². The Morgan fingerprint density at radius 1 is 1.19 bits per heavy atom. The second kappa shape index (κ2) is 5.67. The Hall–Kier alpha value is -1.57. The largest absolute Gasteiger partial charge is 0.369 e. The Morgan fingerprint density at radius 2 is 1.95 bits per heavy atom. The number of aromatic nitrogens is 2. The highest BCUT2D eigenvalue weighted by atomic mass is 35.5. The standard InChI is InChI=1S/C13H15ClN4O2S/c14-11-2-1-3-12(8-11)17-4-6-18(7-5-17)21(19,20)13-9-15-10-16-13/h1-3,8-10H,4-7H2,(H,15,16). The van der Waals surface area contributed by atoms with Crippen LogP contribution >= 0.6 is 11.6 Å². The molecule has 0 saturated carbocycles. The molecule has 0 bridgehead atoms. The summed E-state index contributed by atoms with van der Waals surface area (Å²) in [5, 5.41) is 0.818. The molecule has 6 nitrogen and oxygen atoms in total. The van der Waals surface area contributed by atoms with Crippen LogP contribution < -0.4 is 4.90 Å². The zero-order valence-corrected chi connectivity index (χ0v) is 12.8. The van der Waals surface area contributed by atoms with Crippen molar-refractivity contribution in [3.05, 3.63) is 41.8 Å². The molecule has 0 unspecified atom stereocenters. The van der Waals surface area contributed by atoms with Crippen LogP contribution in [0.4, 0.5) is 5.69 Å². The maximum atomic E-state index is 12.4. The van der Waals surface area contributed by atoms with E-state index in [1.54, 1.807) is 0 Å². The van der Waals surface area contributed by atoms with Gasteiger partial charge in [0.25, 0.3) is 10.0 Å². The molecule has 0 atom stereocenters. The maximum absolute atomic E-state index is 12.4. The van der Waals surface area contributed by atoms with Crippen molar-refractivity contribution in [3.63, 3.8) is 0 Å². The van der Waals surface area contributed by atoms with E-state index >= 15 is 0 Å². The summed E-state index contributed by atoms with van der Waals surface area (Å²) >= 11 is 5.99. The minimum Gasteiger partial charge on any atom is -0.369 e. The lowest BCUT2D eigenvalue weighted by atomic mass is 10.2. The summed E-state index contributed by atoms with van der Waals surface area (Å²) in [5.74, 6) is 0. The Labute approximate surface area is 128 Å². The molecule has 8 heteroatoms. The molecular formula is C13H15ClN4O2S. The first-order valence-electron chi connectivity index (χ1n) is 6.56. The van der Waals surface area contributed by atoms with Crippen LogP contribution in [0.15, 0.2) is 41.8 Å². The first-order chi connectivity index (χ1) is 10.1. The molecule has 0 aliphatic carbocycles. The zero-order valence-electron chi connectivity index (χ0n) is 11.2. The average Bonchev–Trinajstić information content (AvgIpc) is 3.02. The fourth-order valence-electron chi connectivity index (χ4n) is 2.38. The Balaban J connectivity index is 1.71. The molecule has 1 fully saturated rings. The fourth-order valence-corrected chi connectivity index (χ4v) is 3.89. The molecule has 1 aromatic heterocycles. The number of sulfonamides is 1. The van der Waals surface area contributed by atoms with Gasteiger partial charge in [-0.2, -0.15) is 4.31 Å². The molecular weight excluding hydrogens is 312 g/mol. The van der Waals surface area contributed by atoms with Crippen molar-refractivity contribution in [2.45, 2.75) is 5.03 Å². The van der Waals surface area contributed by atoms with E-state index in [9.17, 15) is 8.42 Å². The molecule has 1 aliphatic rings. The van der Waals surface area contributed by atoms with Gasteiger partial charge in [-0.3, -0.25) is 0 Å². The van der Waals surface area contributed by atoms with Gasteiger partial charge < -0.3 is 9.88 Å². The predicted molar refractivity (Wildman–Crippen MR) is 81.0 cm³/mol. The molecule has 21 heavy (non-hydrogen) atoms. The molecule has 1 N–H and O–H groups in total. The van der Waals surface area contributed by atoms with Gasteiger partial charge in [0.05, 0.1) is 12.5 Å². The maximum Gasteiger partial charge on any atom is 0.260 e. The van der Waals surface area contributed by atoms with Gasteiger partial charge in [-0.15, -0.1) is 0 Å². The molecule has 1 aliphatic heterocycles. The van der Waals surface area contributed by atoms with Crippen LogP contribution in [0.5, 0.6) is 0 Å². The molecule has 0 radical (unpaired) electrons. The summed E-state index contributed by atoms with van der Waals surface area (Å²) < 4.78 is 26.2. The van der Waals surface area contributed by atoms with E-state index in [1.807, 2.05) is 24.3 Å². The van der Waals surface area contributed by atoms with E-state index < -0.39 is 10.0 Å². The third-order valence-corrected chi connectivity index (χ3v) is 5.56. The third kappa shape index (κ3) is 2.90. The van der Waals surface area contributed by atoms with E-state index in [0.717, 1.165) is 5.69 Å². The monoisotopic (exact) mass is 326 g/mol. The van der Waals surface area contributed by atoms with Crippen molar-refractivity contribution < 1.29 is 8.42 Å². The number of rotatable bonds is 3. The quantitative estimate of drug-likeness (QED) is 0.929. The summed E-state index contributed by atoms with van der Waals surface area (Å²) in [5.41, 5.74) is 1.01. The minimum atomic E-state index is -3.47. The smallest absolute Gasteiger partial charge is 0.260 e. The number of H-pyrrole nitrogens is 1. The number of hydrogen-bond donors (Lipinski definition) is 1. The van der Waals surface area contributed by atoms with E-state index in [1.165, 1.54) is 16.8 Å². The zero-order chi connectivity index (χ0) is 14.9. The lowest BCUT2D eigenvalue weighted by molar-refractivity contribution is 0.383. The van der Waals surface area contributed by atoms with Gasteiger partial charge in [0, 0.05) is 36.9 Å².